The third-order valence-electron chi connectivity index (χ3n) is 7.44. The van der Waals surface area contributed by atoms with Gasteiger partial charge in [0.25, 0.3) is 0 Å². The van der Waals surface area contributed by atoms with E-state index in [2.05, 4.69) is 111 Å². The Labute approximate surface area is 203 Å². The SMILES string of the molecule is C/C=C/c1ccc2c(c1)CCc1ccccc1/C2=C1/c2ccccc2CCc2cc(C)ccc21. The van der Waals surface area contributed by atoms with E-state index < -0.39 is 0 Å². The molecule has 4 aromatic rings. The van der Waals surface area contributed by atoms with Crippen LogP contribution in [0.2, 0.25) is 0 Å². The number of hydrogen-bond donors (Lipinski definition) is 0. The first kappa shape index (κ1) is 20.9. The molecule has 0 unspecified atom stereocenters. The second kappa shape index (κ2) is 8.61. The average Bonchev–Trinajstić information content (AvgIpc) is 3.12. The zero-order valence-electron chi connectivity index (χ0n) is 20.1. The fraction of sp³-hybridized carbons (Fsp3) is 0.176. The number of rotatable bonds is 1. The van der Waals surface area contributed by atoms with Crippen molar-refractivity contribution < 1.29 is 0 Å². The number of aryl methyl sites for hydroxylation is 5. The average molecular weight is 439 g/mol. The Kier molecular flexibility index (Phi) is 5.30. The van der Waals surface area contributed by atoms with E-state index in [1.807, 2.05) is 0 Å². The molecule has 0 aromatic heterocycles. The Hall–Kier alpha value is -3.64. The summed E-state index contributed by atoms with van der Waals surface area (Å²) in [7, 11) is 0. The van der Waals surface area contributed by atoms with E-state index >= 15 is 0 Å². The molecule has 0 nitrogen and oxygen atoms in total. The highest BCUT2D eigenvalue weighted by Crippen LogP contribution is 2.45. The maximum absolute atomic E-state index is 2.40. The Morgan fingerprint density at radius 3 is 1.65 bits per heavy atom. The van der Waals surface area contributed by atoms with Crippen LogP contribution in [0.5, 0.6) is 0 Å². The van der Waals surface area contributed by atoms with Gasteiger partial charge in [-0.15, -0.1) is 0 Å². The Bertz CT molecular complexity index is 1460. The van der Waals surface area contributed by atoms with Gasteiger partial charge in [-0.05, 0) is 101 Å². The molecule has 0 aliphatic heterocycles. The van der Waals surface area contributed by atoms with Crippen molar-refractivity contribution in [3.05, 3.63) is 147 Å². The summed E-state index contributed by atoms with van der Waals surface area (Å²) in [6.45, 7) is 4.31. The van der Waals surface area contributed by atoms with E-state index in [-0.39, 0.29) is 0 Å². The summed E-state index contributed by atoms with van der Waals surface area (Å²) in [5, 5.41) is 0. The molecule has 0 bridgehead atoms. The van der Waals surface area contributed by atoms with Gasteiger partial charge in [-0.3, -0.25) is 0 Å². The monoisotopic (exact) mass is 438 g/mol. The maximum atomic E-state index is 2.40. The lowest BCUT2D eigenvalue weighted by atomic mass is 9.82. The van der Waals surface area contributed by atoms with E-state index in [1.54, 1.807) is 0 Å². The minimum Gasteiger partial charge on any atom is -0.0871 e. The van der Waals surface area contributed by atoms with E-state index in [4.69, 9.17) is 0 Å². The molecule has 0 saturated heterocycles. The van der Waals surface area contributed by atoms with Crippen molar-refractivity contribution in [2.75, 3.05) is 0 Å². The highest BCUT2D eigenvalue weighted by molar-refractivity contribution is 6.07. The zero-order valence-corrected chi connectivity index (χ0v) is 20.1. The van der Waals surface area contributed by atoms with Crippen LogP contribution in [0.25, 0.3) is 17.2 Å². The minimum atomic E-state index is 1.07. The van der Waals surface area contributed by atoms with Gasteiger partial charge in [-0.25, -0.2) is 0 Å². The van der Waals surface area contributed by atoms with Crippen molar-refractivity contribution in [2.45, 2.75) is 39.5 Å². The summed E-state index contributed by atoms with van der Waals surface area (Å²) < 4.78 is 0. The maximum Gasteiger partial charge on any atom is -0.00211 e. The van der Waals surface area contributed by atoms with Crippen LogP contribution in [0.15, 0.2) is 91.0 Å². The van der Waals surface area contributed by atoms with Crippen LogP contribution in [-0.2, 0) is 25.7 Å². The number of fused-ring (bicyclic) bond motifs is 4. The van der Waals surface area contributed by atoms with Gasteiger partial charge in [0.15, 0.2) is 0 Å². The molecular formula is C34H30. The second-order valence-corrected chi connectivity index (χ2v) is 9.64. The van der Waals surface area contributed by atoms with E-state index in [0.29, 0.717) is 0 Å². The largest absolute Gasteiger partial charge is 0.0871 e. The quantitative estimate of drug-likeness (QED) is 0.281. The topological polar surface area (TPSA) is 0 Å². The van der Waals surface area contributed by atoms with E-state index in [1.165, 1.54) is 66.8 Å². The number of hydrogen-bond acceptors (Lipinski definition) is 0. The van der Waals surface area contributed by atoms with Gasteiger partial charge in [-0.2, -0.15) is 0 Å². The molecule has 34 heavy (non-hydrogen) atoms. The number of allylic oxidation sites excluding steroid dienone is 1. The summed E-state index contributed by atoms with van der Waals surface area (Å²) in [6.07, 6.45) is 8.65. The highest BCUT2D eigenvalue weighted by Gasteiger charge is 2.26. The highest BCUT2D eigenvalue weighted by atomic mass is 14.3. The minimum absolute atomic E-state index is 1.07. The van der Waals surface area contributed by atoms with Crippen molar-refractivity contribution in [1.29, 1.82) is 0 Å². The standard InChI is InChI=1S/C34H30/c1-3-8-24-14-20-32-28(22-24)18-16-26-10-5-7-12-30(26)34(32)33-29-11-6-4-9-25(29)15-17-27-21-23(2)13-19-31(27)33/h3-14,19-22H,15-18H2,1-2H3/b8-3+,34-33+. The van der Waals surface area contributed by atoms with Gasteiger partial charge < -0.3 is 0 Å². The molecule has 2 aliphatic carbocycles. The van der Waals surface area contributed by atoms with Crippen LogP contribution in [0.1, 0.15) is 62.6 Å². The fourth-order valence-corrected chi connectivity index (χ4v) is 5.87. The number of benzene rings is 4. The van der Waals surface area contributed by atoms with Gasteiger partial charge in [0.2, 0.25) is 0 Å². The molecule has 0 fully saturated rings. The molecule has 0 atom stereocenters. The Morgan fingerprint density at radius 2 is 1.03 bits per heavy atom. The predicted molar refractivity (Wildman–Crippen MR) is 145 cm³/mol. The van der Waals surface area contributed by atoms with Crippen molar-refractivity contribution in [2.24, 2.45) is 0 Å². The molecule has 0 spiro atoms. The molecule has 0 N–H and O–H groups in total. The summed E-state index contributed by atoms with van der Waals surface area (Å²) >= 11 is 0. The fourth-order valence-electron chi connectivity index (χ4n) is 5.87. The third-order valence-corrected chi connectivity index (χ3v) is 7.44. The molecule has 0 radical (unpaired) electrons. The first-order valence-corrected chi connectivity index (χ1v) is 12.5. The van der Waals surface area contributed by atoms with E-state index in [9.17, 15) is 0 Å². The molecule has 4 aromatic carbocycles. The smallest absolute Gasteiger partial charge is 0.00211 e. The van der Waals surface area contributed by atoms with Crippen LogP contribution in [-0.4, -0.2) is 0 Å². The zero-order chi connectivity index (χ0) is 23.1. The van der Waals surface area contributed by atoms with Gasteiger partial charge in [0.1, 0.15) is 0 Å². The normalized spacial score (nSPS) is 16.8. The van der Waals surface area contributed by atoms with Crippen LogP contribution < -0.4 is 0 Å². The molecule has 2 aliphatic rings. The van der Waals surface area contributed by atoms with Crippen molar-refractivity contribution >= 4 is 17.2 Å². The first-order chi connectivity index (χ1) is 16.7. The molecule has 6 rings (SSSR count). The molecule has 0 amide bonds. The summed E-state index contributed by atoms with van der Waals surface area (Å²) in [4.78, 5) is 0. The third kappa shape index (κ3) is 3.55. The first-order valence-electron chi connectivity index (χ1n) is 12.5. The lowest BCUT2D eigenvalue weighted by molar-refractivity contribution is 0.963. The Morgan fingerprint density at radius 1 is 0.529 bits per heavy atom. The van der Waals surface area contributed by atoms with Crippen LogP contribution in [0.4, 0.5) is 0 Å². The lowest BCUT2D eigenvalue weighted by Crippen LogP contribution is -2.01. The summed E-state index contributed by atoms with van der Waals surface area (Å²) in [5.41, 5.74) is 16.8. The molecular weight excluding hydrogens is 408 g/mol. The van der Waals surface area contributed by atoms with Crippen molar-refractivity contribution in [1.82, 2.24) is 0 Å². The summed E-state index contributed by atoms with van der Waals surface area (Å²) in [5.74, 6) is 0. The second-order valence-electron chi connectivity index (χ2n) is 9.64. The Balaban J connectivity index is 1.77. The molecule has 0 saturated carbocycles. The van der Waals surface area contributed by atoms with Crippen molar-refractivity contribution in [3.63, 3.8) is 0 Å². The van der Waals surface area contributed by atoms with Gasteiger partial charge in [-0.1, -0.05) is 103 Å². The van der Waals surface area contributed by atoms with Crippen LogP contribution in [0, 0.1) is 6.92 Å². The van der Waals surface area contributed by atoms with Crippen LogP contribution >= 0.6 is 0 Å². The van der Waals surface area contributed by atoms with Crippen LogP contribution in [0.3, 0.4) is 0 Å². The molecule has 0 heterocycles. The molecule has 0 heteroatoms. The van der Waals surface area contributed by atoms with Gasteiger partial charge in [0, 0.05) is 0 Å². The van der Waals surface area contributed by atoms with Crippen molar-refractivity contribution in [3.8, 4) is 0 Å². The molecule has 166 valence electrons. The summed E-state index contributed by atoms with van der Waals surface area (Å²) in [6, 6.07) is 32.3. The van der Waals surface area contributed by atoms with Gasteiger partial charge >= 0.3 is 0 Å². The predicted octanol–water partition coefficient (Wildman–Crippen LogP) is 8.23. The van der Waals surface area contributed by atoms with Gasteiger partial charge in [0.05, 0.1) is 0 Å². The lowest BCUT2D eigenvalue weighted by Gasteiger charge is -2.21. The van der Waals surface area contributed by atoms with E-state index in [0.717, 1.165) is 25.7 Å².